The number of nitrogens with zero attached hydrogens (tertiary/aromatic N) is 2. The Labute approximate surface area is 383 Å². The van der Waals surface area contributed by atoms with E-state index in [4.69, 9.17) is 0 Å². The summed E-state index contributed by atoms with van der Waals surface area (Å²) >= 11 is 0. The Morgan fingerprint density at radius 3 is 1.59 bits per heavy atom. The fourth-order valence-electron chi connectivity index (χ4n) is 10.4. The minimum Gasteiger partial charge on any atom is -0.310 e. The first-order valence-electron chi connectivity index (χ1n) is 22.7. The molecule has 0 fully saturated rings. The van der Waals surface area contributed by atoms with Gasteiger partial charge in [0.2, 0.25) is 0 Å². The van der Waals surface area contributed by atoms with E-state index in [-0.39, 0.29) is 0 Å². The average Bonchev–Trinajstić information content (AvgIpc) is 3.74. The second-order valence-corrected chi connectivity index (χ2v) is 17.3. The molecule has 12 aromatic carbocycles. The molecule has 0 aliphatic rings. The van der Waals surface area contributed by atoms with E-state index in [1.165, 1.54) is 92.7 Å². The number of para-hydroxylation sites is 1. The molecule has 0 spiro atoms. The van der Waals surface area contributed by atoms with Gasteiger partial charge in [-0.15, -0.1) is 0 Å². The lowest BCUT2D eigenvalue weighted by molar-refractivity contribution is 1.18. The summed E-state index contributed by atoms with van der Waals surface area (Å²) in [6, 6.07) is 93.3. The van der Waals surface area contributed by atoms with Crippen LogP contribution < -0.4 is 4.90 Å². The van der Waals surface area contributed by atoms with E-state index in [0.717, 1.165) is 28.3 Å². The molecule has 0 saturated heterocycles. The van der Waals surface area contributed by atoms with Gasteiger partial charge in [-0.1, -0.05) is 194 Å². The molecule has 0 N–H and O–H groups in total. The van der Waals surface area contributed by atoms with E-state index in [1.54, 1.807) is 0 Å². The van der Waals surface area contributed by atoms with Crippen molar-refractivity contribution in [2.45, 2.75) is 0 Å². The molecule has 13 rings (SSSR count). The third kappa shape index (κ3) is 6.26. The molecule has 0 aliphatic heterocycles. The van der Waals surface area contributed by atoms with Crippen LogP contribution in [0, 0.1) is 0 Å². The molecule has 66 heavy (non-hydrogen) atoms. The topological polar surface area (TPSA) is 8.17 Å². The third-order valence-corrected chi connectivity index (χ3v) is 13.5. The second kappa shape index (κ2) is 15.5. The van der Waals surface area contributed by atoms with Crippen LogP contribution in [-0.4, -0.2) is 4.57 Å². The molecule has 0 amide bonds. The van der Waals surface area contributed by atoms with Crippen LogP contribution in [0.25, 0.3) is 104 Å². The number of anilines is 3. The summed E-state index contributed by atoms with van der Waals surface area (Å²) < 4.78 is 2.42. The van der Waals surface area contributed by atoms with Crippen molar-refractivity contribution < 1.29 is 0 Å². The van der Waals surface area contributed by atoms with E-state index in [0.29, 0.717) is 0 Å². The monoisotopic (exact) mass is 838 g/mol. The van der Waals surface area contributed by atoms with Crippen molar-refractivity contribution in [1.82, 2.24) is 4.57 Å². The summed E-state index contributed by atoms with van der Waals surface area (Å²) in [6.45, 7) is 0. The molecule has 1 heterocycles. The van der Waals surface area contributed by atoms with Gasteiger partial charge in [0.15, 0.2) is 0 Å². The lowest BCUT2D eigenvalue weighted by Gasteiger charge is -2.27. The fourth-order valence-corrected chi connectivity index (χ4v) is 10.4. The first kappa shape index (κ1) is 37.8. The molecule has 13 aromatic rings. The van der Waals surface area contributed by atoms with Crippen molar-refractivity contribution in [2.24, 2.45) is 0 Å². The highest BCUT2D eigenvalue weighted by Gasteiger charge is 2.20. The molecule has 2 nitrogen and oxygen atoms in total. The Kier molecular flexibility index (Phi) is 8.89. The Morgan fingerprint density at radius 1 is 0.258 bits per heavy atom. The van der Waals surface area contributed by atoms with E-state index >= 15 is 0 Å². The zero-order valence-corrected chi connectivity index (χ0v) is 36.1. The van der Waals surface area contributed by atoms with Gasteiger partial charge in [-0.2, -0.15) is 0 Å². The summed E-state index contributed by atoms with van der Waals surface area (Å²) in [4.78, 5) is 2.41. The first-order chi connectivity index (χ1) is 32.7. The van der Waals surface area contributed by atoms with Crippen LogP contribution in [0.5, 0.6) is 0 Å². The van der Waals surface area contributed by atoms with Crippen LogP contribution >= 0.6 is 0 Å². The predicted octanol–water partition coefficient (Wildman–Crippen LogP) is 17.9. The first-order valence-corrected chi connectivity index (χ1v) is 22.7. The van der Waals surface area contributed by atoms with E-state index < -0.39 is 0 Å². The Balaban J connectivity index is 0.956. The summed E-state index contributed by atoms with van der Waals surface area (Å²) in [5.41, 5.74) is 14.0. The summed E-state index contributed by atoms with van der Waals surface area (Å²) in [5, 5.41) is 12.5. The average molecular weight is 839 g/mol. The van der Waals surface area contributed by atoms with Crippen LogP contribution in [0.15, 0.2) is 255 Å². The van der Waals surface area contributed by atoms with Crippen molar-refractivity contribution >= 4 is 82.0 Å². The number of fused-ring (bicyclic) bond motifs is 9. The lowest BCUT2D eigenvalue weighted by Crippen LogP contribution is -2.10. The number of rotatable bonds is 7. The van der Waals surface area contributed by atoms with E-state index in [9.17, 15) is 0 Å². The Bertz CT molecular complexity index is 3970. The van der Waals surface area contributed by atoms with Crippen LogP contribution in [0.2, 0.25) is 0 Å². The van der Waals surface area contributed by atoms with Crippen molar-refractivity contribution in [3.05, 3.63) is 255 Å². The second-order valence-electron chi connectivity index (χ2n) is 17.3. The van der Waals surface area contributed by atoms with Crippen LogP contribution in [0.1, 0.15) is 0 Å². The van der Waals surface area contributed by atoms with Gasteiger partial charge in [-0.25, -0.2) is 0 Å². The van der Waals surface area contributed by atoms with Crippen molar-refractivity contribution in [1.29, 1.82) is 0 Å². The van der Waals surface area contributed by atoms with Crippen molar-refractivity contribution in [3.8, 4) is 39.1 Å². The zero-order valence-electron chi connectivity index (χ0n) is 36.1. The minimum absolute atomic E-state index is 1.09. The molecule has 0 unspecified atom stereocenters. The van der Waals surface area contributed by atoms with Crippen LogP contribution in [0.4, 0.5) is 17.1 Å². The highest BCUT2D eigenvalue weighted by atomic mass is 15.1. The summed E-state index contributed by atoms with van der Waals surface area (Å²) in [5.74, 6) is 0. The SMILES string of the molecule is c1ccc(-n2c3cccc(-c4cccc(N(c5ccc(-c6ccc(-c7cccc8ccccc78)cc6)cc5)c5ccc6c(ccc7ccccc76)c5)c4)c3c3c4ccccc4ccc32)cc1. The van der Waals surface area contributed by atoms with Gasteiger partial charge in [0.25, 0.3) is 0 Å². The molecular weight excluding hydrogens is 797 g/mol. The van der Waals surface area contributed by atoms with Gasteiger partial charge in [0.1, 0.15) is 0 Å². The molecule has 0 radical (unpaired) electrons. The van der Waals surface area contributed by atoms with Crippen molar-refractivity contribution in [2.75, 3.05) is 4.90 Å². The maximum atomic E-state index is 2.42. The number of benzene rings is 12. The largest absolute Gasteiger partial charge is 0.310 e. The Morgan fingerprint density at radius 2 is 0.788 bits per heavy atom. The van der Waals surface area contributed by atoms with Crippen molar-refractivity contribution in [3.63, 3.8) is 0 Å². The molecule has 0 aliphatic carbocycles. The van der Waals surface area contributed by atoms with Crippen LogP contribution in [0.3, 0.4) is 0 Å². The highest BCUT2D eigenvalue weighted by Crippen LogP contribution is 2.44. The molecule has 2 heteroatoms. The fraction of sp³-hybridized carbons (Fsp3) is 0. The number of hydrogen-bond acceptors (Lipinski definition) is 1. The molecule has 1 aromatic heterocycles. The van der Waals surface area contributed by atoms with E-state index in [1.807, 2.05) is 0 Å². The molecule has 0 bridgehead atoms. The Hall–Kier alpha value is -8.72. The van der Waals surface area contributed by atoms with Gasteiger partial charge in [0.05, 0.1) is 11.0 Å². The number of hydrogen-bond donors (Lipinski definition) is 0. The van der Waals surface area contributed by atoms with Crippen LogP contribution in [-0.2, 0) is 0 Å². The molecule has 308 valence electrons. The quantitative estimate of drug-likeness (QED) is 0.145. The lowest BCUT2D eigenvalue weighted by atomic mass is 9.96. The molecule has 0 atom stereocenters. The molecule has 0 saturated carbocycles. The van der Waals surface area contributed by atoms with Gasteiger partial charge < -0.3 is 9.47 Å². The van der Waals surface area contributed by atoms with Gasteiger partial charge in [-0.05, 0) is 137 Å². The standard InChI is InChI=1S/C64H42N2/c1-2-18-51(19-3-1)66-61-26-12-25-60(64(61)63-59-23-9-6-15-47(59)35-40-62(63)66)49-17-10-20-53(41-49)65(54-38-39-58-50(42-54)32-31-46-14-5-8-22-56(46)58)52-36-33-44(34-37-52)43-27-29-48(30-28-43)57-24-11-16-45-13-4-7-21-55(45)57/h1-42H. The normalized spacial score (nSPS) is 11.6. The smallest absolute Gasteiger partial charge is 0.0547 e. The van der Waals surface area contributed by atoms with Gasteiger partial charge in [-0.3, -0.25) is 0 Å². The minimum atomic E-state index is 1.09. The maximum Gasteiger partial charge on any atom is 0.0547 e. The summed E-state index contributed by atoms with van der Waals surface area (Å²) in [6.07, 6.45) is 0. The predicted molar refractivity (Wildman–Crippen MR) is 282 cm³/mol. The molecular formula is C64H42N2. The van der Waals surface area contributed by atoms with Gasteiger partial charge in [0, 0.05) is 33.5 Å². The van der Waals surface area contributed by atoms with E-state index in [2.05, 4.69) is 264 Å². The zero-order chi connectivity index (χ0) is 43.6. The van der Waals surface area contributed by atoms with Gasteiger partial charge >= 0.3 is 0 Å². The summed E-state index contributed by atoms with van der Waals surface area (Å²) in [7, 11) is 0. The highest BCUT2D eigenvalue weighted by molar-refractivity contribution is 6.25. The number of aromatic nitrogens is 1. The third-order valence-electron chi connectivity index (χ3n) is 13.5. The maximum absolute atomic E-state index is 2.42.